The maximum Gasteiger partial charge on any atom is 0.286 e. The Morgan fingerprint density at radius 1 is 0.552 bits per heavy atom. The molecule has 1 aromatic rings. The highest BCUT2D eigenvalue weighted by Crippen LogP contribution is 2.24. The molecule has 0 unspecified atom stereocenters. The van der Waals surface area contributed by atoms with Crippen LogP contribution in [0.2, 0.25) is 0 Å². The largest absolute Gasteiger partial charge is 0.310 e. The summed E-state index contributed by atoms with van der Waals surface area (Å²) >= 11 is 0. The molecule has 0 aliphatic heterocycles. The van der Waals surface area contributed by atoms with E-state index in [1.807, 2.05) is 0 Å². The second-order valence-corrected chi connectivity index (χ2v) is 13.0. The molecule has 1 aromatic carbocycles. The Balaban J connectivity index is 1.57. The third kappa shape index (κ3) is 6.65. The quantitative estimate of drug-likeness (QED) is 0.494. The molecule has 0 saturated heterocycles. The summed E-state index contributed by atoms with van der Waals surface area (Å²) in [4.78, 5) is 13.0. The summed E-state index contributed by atoms with van der Waals surface area (Å²) in [6.07, 6.45) is 20.9. The van der Waals surface area contributed by atoms with Crippen molar-refractivity contribution in [2.24, 2.45) is 0 Å². The van der Waals surface area contributed by atoms with Crippen molar-refractivity contribution < 1.29 is 0 Å². The highest BCUT2D eigenvalue weighted by atomic mass is 28.4. The topological polar surface area (TPSA) is 36.1 Å². The minimum Gasteiger partial charge on any atom is -0.310 e. The average Bonchev–Trinajstić information content (AvgIpc) is 2.76. The second kappa shape index (κ2) is 11.1. The van der Waals surface area contributed by atoms with Gasteiger partial charge in [-0.25, -0.2) is 0 Å². The molecule has 0 bridgehead atoms. The fourth-order valence-corrected chi connectivity index (χ4v) is 10.3. The summed E-state index contributed by atoms with van der Waals surface area (Å²) in [5.41, 5.74) is 1.49. The van der Waals surface area contributed by atoms with Crippen molar-refractivity contribution in [1.29, 1.82) is 0 Å². The van der Waals surface area contributed by atoms with E-state index in [4.69, 9.17) is 0 Å². The Morgan fingerprint density at radius 2 is 0.931 bits per heavy atom. The number of hydrogen-bond acceptors (Lipinski definition) is 3. The van der Waals surface area contributed by atoms with Gasteiger partial charge in [-0.2, -0.15) is 0 Å². The molecule has 0 spiro atoms. The van der Waals surface area contributed by atoms with E-state index in [9.17, 15) is 0 Å². The minimum atomic E-state index is -2.05. The monoisotopic (exact) mass is 413 g/mol. The van der Waals surface area contributed by atoms with Crippen LogP contribution < -0.4 is 14.9 Å². The van der Waals surface area contributed by atoms with Gasteiger partial charge in [0.05, 0.1) is 0 Å². The smallest absolute Gasteiger partial charge is 0.286 e. The highest BCUT2D eigenvalue weighted by molar-refractivity contribution is 6.72. The van der Waals surface area contributed by atoms with Crippen molar-refractivity contribution in [3.05, 3.63) is 35.9 Å². The van der Waals surface area contributed by atoms with E-state index in [1.165, 1.54) is 102 Å². The molecule has 4 heteroatoms. The summed E-state index contributed by atoms with van der Waals surface area (Å²) in [7, 11) is -2.05. The minimum absolute atomic E-state index is 0.700. The molecule has 3 aliphatic rings. The lowest BCUT2D eigenvalue weighted by Gasteiger charge is -2.44. The molecule has 4 rings (SSSR count). The Hall–Kier alpha value is -0.683. The van der Waals surface area contributed by atoms with Gasteiger partial charge in [-0.1, -0.05) is 88.1 Å². The summed E-state index contributed by atoms with van der Waals surface area (Å²) in [5, 5.41) is 0. The lowest BCUT2D eigenvalue weighted by atomic mass is 9.96. The first-order valence-electron chi connectivity index (χ1n) is 12.7. The number of benzene rings is 1. The standard InChI is InChI=1S/C25H43N3Si/c1-5-13-22(14-6-1)21-29(26-23-15-7-2-8-16-23,27-24-17-9-3-10-18-24)28-25-19-11-4-12-20-25/h1,5-6,13-14,23-28H,2-4,7-12,15-21H2. The van der Waals surface area contributed by atoms with Crippen molar-refractivity contribution in [1.82, 2.24) is 14.9 Å². The zero-order valence-corrected chi connectivity index (χ0v) is 19.4. The SMILES string of the molecule is c1ccc(C[Si](NC2CCCCC2)(NC2CCCCC2)NC2CCCCC2)cc1. The summed E-state index contributed by atoms with van der Waals surface area (Å²) < 4.78 is 0. The van der Waals surface area contributed by atoms with Crippen molar-refractivity contribution >= 4 is 8.56 Å². The van der Waals surface area contributed by atoms with Crippen molar-refractivity contribution in [3.63, 3.8) is 0 Å². The molecule has 0 atom stereocenters. The van der Waals surface area contributed by atoms with Gasteiger partial charge >= 0.3 is 0 Å². The van der Waals surface area contributed by atoms with Gasteiger partial charge in [0.1, 0.15) is 0 Å². The average molecular weight is 414 g/mol. The van der Waals surface area contributed by atoms with Crippen LogP contribution in [0, 0.1) is 0 Å². The zero-order chi connectivity index (χ0) is 19.8. The van der Waals surface area contributed by atoms with Crippen molar-refractivity contribution in [3.8, 4) is 0 Å². The van der Waals surface area contributed by atoms with Gasteiger partial charge in [-0.3, -0.25) is 0 Å². The molecule has 0 radical (unpaired) electrons. The van der Waals surface area contributed by atoms with E-state index in [0.717, 1.165) is 6.04 Å². The van der Waals surface area contributed by atoms with E-state index in [2.05, 4.69) is 45.3 Å². The molecule has 162 valence electrons. The van der Waals surface area contributed by atoms with E-state index in [0.29, 0.717) is 18.1 Å². The molecule has 3 aliphatic carbocycles. The lowest BCUT2D eigenvalue weighted by molar-refractivity contribution is 0.364. The molecule has 29 heavy (non-hydrogen) atoms. The molecule has 0 aromatic heterocycles. The molecule has 3 fully saturated rings. The Labute approximate surface area is 180 Å². The van der Waals surface area contributed by atoms with E-state index >= 15 is 0 Å². The fraction of sp³-hybridized carbons (Fsp3) is 0.760. The van der Waals surface area contributed by atoms with Crippen molar-refractivity contribution in [2.75, 3.05) is 0 Å². The summed E-state index contributed by atoms with van der Waals surface area (Å²) in [6, 6.07) is 14.5. The normalized spacial score (nSPS) is 23.3. The van der Waals surface area contributed by atoms with Crippen molar-refractivity contribution in [2.45, 2.75) is 120 Å². The molecule has 3 saturated carbocycles. The van der Waals surface area contributed by atoms with Gasteiger partial charge in [-0.05, 0) is 44.1 Å². The summed E-state index contributed by atoms with van der Waals surface area (Å²) in [5.74, 6) is 0. The van der Waals surface area contributed by atoms with Crippen LogP contribution in [-0.2, 0) is 6.04 Å². The summed E-state index contributed by atoms with van der Waals surface area (Å²) in [6.45, 7) is 0. The first-order valence-corrected chi connectivity index (χ1v) is 14.9. The first kappa shape index (κ1) is 21.5. The fourth-order valence-electron chi connectivity index (χ4n) is 5.97. The predicted octanol–water partition coefficient (Wildman–Crippen LogP) is 5.47. The van der Waals surface area contributed by atoms with Gasteiger partial charge in [0.2, 0.25) is 0 Å². The van der Waals surface area contributed by atoms with E-state index in [-0.39, 0.29) is 0 Å². The van der Waals surface area contributed by atoms with E-state index < -0.39 is 8.56 Å². The van der Waals surface area contributed by atoms with Gasteiger partial charge in [-0.15, -0.1) is 0 Å². The molecule has 0 heterocycles. The Kier molecular flexibility index (Phi) is 8.23. The Morgan fingerprint density at radius 3 is 1.31 bits per heavy atom. The second-order valence-electron chi connectivity index (χ2n) is 10.0. The number of rotatable bonds is 8. The third-order valence-electron chi connectivity index (χ3n) is 7.48. The third-order valence-corrected chi connectivity index (χ3v) is 11.1. The molecular formula is C25H43N3Si. The van der Waals surface area contributed by atoms with Crippen LogP contribution in [0.25, 0.3) is 0 Å². The molecular weight excluding hydrogens is 370 g/mol. The number of nitrogens with one attached hydrogen (secondary N) is 3. The van der Waals surface area contributed by atoms with Crippen LogP contribution in [0.1, 0.15) is 102 Å². The molecule has 3 nitrogen and oxygen atoms in total. The maximum absolute atomic E-state index is 4.33. The predicted molar refractivity (Wildman–Crippen MR) is 126 cm³/mol. The van der Waals surface area contributed by atoms with Crippen LogP contribution in [0.15, 0.2) is 30.3 Å². The van der Waals surface area contributed by atoms with Crippen LogP contribution in [0.4, 0.5) is 0 Å². The van der Waals surface area contributed by atoms with Crippen LogP contribution in [-0.4, -0.2) is 26.7 Å². The van der Waals surface area contributed by atoms with Gasteiger partial charge < -0.3 is 14.9 Å². The molecule has 0 amide bonds. The zero-order valence-electron chi connectivity index (χ0n) is 18.4. The van der Waals surface area contributed by atoms with Gasteiger partial charge in [0.25, 0.3) is 8.56 Å². The lowest BCUT2D eigenvalue weighted by Crippen LogP contribution is -2.79. The van der Waals surface area contributed by atoms with Gasteiger partial charge in [0.15, 0.2) is 0 Å². The first-order chi connectivity index (χ1) is 14.3. The maximum atomic E-state index is 4.33. The highest BCUT2D eigenvalue weighted by Gasteiger charge is 2.41. The molecule has 3 N–H and O–H groups in total. The van der Waals surface area contributed by atoms with Gasteiger partial charge in [0, 0.05) is 24.2 Å². The van der Waals surface area contributed by atoms with Crippen LogP contribution >= 0.6 is 0 Å². The Bertz CT molecular complexity index is 525. The van der Waals surface area contributed by atoms with E-state index in [1.54, 1.807) is 0 Å². The van der Waals surface area contributed by atoms with Crippen LogP contribution in [0.5, 0.6) is 0 Å². The number of hydrogen-bond donors (Lipinski definition) is 3. The van der Waals surface area contributed by atoms with Crippen LogP contribution in [0.3, 0.4) is 0 Å².